The van der Waals surface area contributed by atoms with Crippen LogP contribution < -0.4 is 4.90 Å². The van der Waals surface area contributed by atoms with Gasteiger partial charge in [0.05, 0.1) is 11.9 Å². The Kier molecular flexibility index (Phi) is 3.55. The lowest BCUT2D eigenvalue weighted by molar-refractivity contribution is 0.587. The molecule has 0 aromatic carbocycles. The number of hydrogen-bond donors (Lipinski definition) is 1. The summed E-state index contributed by atoms with van der Waals surface area (Å²) in [5.41, 5.74) is 2.44. The van der Waals surface area contributed by atoms with E-state index in [-0.39, 0.29) is 5.82 Å². The van der Waals surface area contributed by atoms with Crippen LogP contribution in [0, 0.1) is 12.7 Å². The number of aryl methyl sites for hydroxylation is 2. The van der Waals surface area contributed by atoms with Crippen molar-refractivity contribution in [2.24, 2.45) is 0 Å². The third-order valence-electron chi connectivity index (χ3n) is 2.88. The minimum Gasteiger partial charge on any atom is -0.353 e. The predicted molar refractivity (Wildman–Crippen MR) is 66.8 cm³/mol. The highest BCUT2D eigenvalue weighted by Gasteiger charge is 2.14. The van der Waals surface area contributed by atoms with Crippen molar-refractivity contribution < 1.29 is 4.39 Å². The Morgan fingerprint density at radius 3 is 2.78 bits per heavy atom. The third-order valence-corrected chi connectivity index (χ3v) is 2.88. The van der Waals surface area contributed by atoms with Crippen molar-refractivity contribution in [2.45, 2.75) is 26.8 Å². The van der Waals surface area contributed by atoms with Crippen LogP contribution in [0.3, 0.4) is 0 Å². The van der Waals surface area contributed by atoms with Gasteiger partial charge in [0, 0.05) is 24.8 Å². The molecule has 18 heavy (non-hydrogen) atoms. The standard InChI is InChI=1S/C12H16FN5/c1-4-10-11(13)12(15-7-14-10)18(3)6-9-5-16-17-8(9)2/h5,7H,4,6H2,1-3H3,(H,16,17). The van der Waals surface area contributed by atoms with E-state index in [0.717, 1.165) is 11.3 Å². The Morgan fingerprint density at radius 2 is 2.17 bits per heavy atom. The number of aromatic amines is 1. The summed E-state index contributed by atoms with van der Waals surface area (Å²) in [6.45, 7) is 4.36. The first-order chi connectivity index (χ1) is 8.63. The molecule has 0 aliphatic carbocycles. The number of H-pyrrole nitrogens is 1. The molecular formula is C12H16FN5. The van der Waals surface area contributed by atoms with Gasteiger partial charge in [0.1, 0.15) is 6.33 Å². The van der Waals surface area contributed by atoms with Gasteiger partial charge in [-0.05, 0) is 13.3 Å². The monoisotopic (exact) mass is 249 g/mol. The molecule has 6 heteroatoms. The van der Waals surface area contributed by atoms with Crippen LogP contribution in [0.2, 0.25) is 0 Å². The van der Waals surface area contributed by atoms with Gasteiger partial charge in [-0.25, -0.2) is 14.4 Å². The molecule has 0 fully saturated rings. The van der Waals surface area contributed by atoms with Gasteiger partial charge in [-0.3, -0.25) is 5.10 Å². The molecule has 0 saturated carbocycles. The maximum absolute atomic E-state index is 14.1. The quantitative estimate of drug-likeness (QED) is 0.898. The van der Waals surface area contributed by atoms with Crippen LogP contribution in [-0.4, -0.2) is 27.2 Å². The lowest BCUT2D eigenvalue weighted by Gasteiger charge is -2.18. The SMILES string of the molecule is CCc1ncnc(N(C)Cc2cn[nH]c2C)c1F. The van der Waals surface area contributed by atoms with Gasteiger partial charge in [-0.15, -0.1) is 0 Å². The van der Waals surface area contributed by atoms with Gasteiger partial charge >= 0.3 is 0 Å². The molecule has 2 aromatic heterocycles. The van der Waals surface area contributed by atoms with Crippen molar-refractivity contribution in [3.05, 3.63) is 35.3 Å². The summed E-state index contributed by atoms with van der Waals surface area (Å²) in [7, 11) is 1.80. The summed E-state index contributed by atoms with van der Waals surface area (Å²) in [5, 5.41) is 6.81. The number of aromatic nitrogens is 4. The van der Waals surface area contributed by atoms with Crippen LogP contribution in [-0.2, 0) is 13.0 Å². The van der Waals surface area contributed by atoms with Crippen LogP contribution in [0.25, 0.3) is 0 Å². The second-order valence-electron chi connectivity index (χ2n) is 4.19. The van der Waals surface area contributed by atoms with E-state index in [4.69, 9.17) is 0 Å². The molecule has 96 valence electrons. The normalized spacial score (nSPS) is 10.7. The zero-order chi connectivity index (χ0) is 13.1. The van der Waals surface area contributed by atoms with Gasteiger partial charge in [0.2, 0.25) is 0 Å². The van der Waals surface area contributed by atoms with Crippen molar-refractivity contribution in [1.82, 2.24) is 20.2 Å². The molecule has 5 nitrogen and oxygen atoms in total. The number of anilines is 1. The molecule has 0 bridgehead atoms. The van der Waals surface area contributed by atoms with E-state index >= 15 is 0 Å². The average molecular weight is 249 g/mol. The van der Waals surface area contributed by atoms with Gasteiger partial charge < -0.3 is 4.90 Å². The van der Waals surface area contributed by atoms with Gasteiger partial charge in [0.15, 0.2) is 11.6 Å². The lowest BCUT2D eigenvalue weighted by atomic mass is 10.2. The fourth-order valence-corrected chi connectivity index (χ4v) is 1.77. The van der Waals surface area contributed by atoms with E-state index < -0.39 is 0 Å². The molecule has 0 aliphatic heterocycles. The highest BCUT2D eigenvalue weighted by atomic mass is 19.1. The summed E-state index contributed by atoms with van der Waals surface area (Å²) in [6.07, 6.45) is 3.70. The van der Waals surface area contributed by atoms with Crippen molar-refractivity contribution >= 4 is 5.82 Å². The molecule has 0 aliphatic rings. The smallest absolute Gasteiger partial charge is 0.187 e. The third kappa shape index (κ3) is 2.32. The summed E-state index contributed by atoms with van der Waals surface area (Å²) in [4.78, 5) is 9.69. The molecule has 2 heterocycles. The zero-order valence-electron chi connectivity index (χ0n) is 10.7. The van der Waals surface area contributed by atoms with E-state index in [9.17, 15) is 4.39 Å². The molecular weight excluding hydrogens is 233 g/mol. The molecule has 2 aromatic rings. The second kappa shape index (κ2) is 5.12. The Bertz CT molecular complexity index is 537. The molecule has 0 unspecified atom stereocenters. The first-order valence-electron chi connectivity index (χ1n) is 5.82. The van der Waals surface area contributed by atoms with Gasteiger partial charge in [0.25, 0.3) is 0 Å². The Balaban J connectivity index is 2.24. The fourth-order valence-electron chi connectivity index (χ4n) is 1.77. The van der Waals surface area contributed by atoms with Crippen molar-refractivity contribution in [3.63, 3.8) is 0 Å². The number of rotatable bonds is 4. The minimum absolute atomic E-state index is 0.322. The van der Waals surface area contributed by atoms with E-state index in [1.165, 1.54) is 6.33 Å². The highest BCUT2D eigenvalue weighted by Crippen LogP contribution is 2.19. The Labute approximate surface area is 105 Å². The lowest BCUT2D eigenvalue weighted by Crippen LogP contribution is -2.20. The van der Waals surface area contributed by atoms with Gasteiger partial charge in [-0.1, -0.05) is 6.92 Å². The topological polar surface area (TPSA) is 57.7 Å². The largest absolute Gasteiger partial charge is 0.353 e. The summed E-state index contributed by atoms with van der Waals surface area (Å²) in [6, 6.07) is 0. The van der Waals surface area contributed by atoms with Crippen LogP contribution in [0.5, 0.6) is 0 Å². The van der Waals surface area contributed by atoms with E-state index in [1.54, 1.807) is 18.1 Å². The van der Waals surface area contributed by atoms with Crippen molar-refractivity contribution in [3.8, 4) is 0 Å². The number of nitrogens with one attached hydrogen (secondary N) is 1. The maximum Gasteiger partial charge on any atom is 0.187 e. The maximum atomic E-state index is 14.1. The first-order valence-corrected chi connectivity index (χ1v) is 5.82. The van der Waals surface area contributed by atoms with Gasteiger partial charge in [-0.2, -0.15) is 5.10 Å². The fraction of sp³-hybridized carbons (Fsp3) is 0.417. The first kappa shape index (κ1) is 12.5. The predicted octanol–water partition coefficient (Wildman–Crippen LogP) is 1.85. The second-order valence-corrected chi connectivity index (χ2v) is 4.19. The Morgan fingerprint density at radius 1 is 1.39 bits per heavy atom. The summed E-state index contributed by atoms with van der Waals surface area (Å²) < 4.78 is 14.1. The van der Waals surface area contributed by atoms with Crippen LogP contribution in [0.15, 0.2) is 12.5 Å². The summed E-state index contributed by atoms with van der Waals surface area (Å²) in [5.74, 6) is -0.0221. The molecule has 0 radical (unpaired) electrons. The van der Waals surface area contributed by atoms with Crippen LogP contribution >= 0.6 is 0 Å². The molecule has 0 spiro atoms. The molecule has 0 saturated heterocycles. The van der Waals surface area contributed by atoms with E-state index in [0.29, 0.717) is 24.5 Å². The average Bonchev–Trinajstić information content (AvgIpc) is 2.75. The van der Waals surface area contributed by atoms with E-state index in [1.807, 2.05) is 13.8 Å². The number of halogens is 1. The number of nitrogens with zero attached hydrogens (tertiary/aromatic N) is 4. The molecule has 1 N–H and O–H groups in total. The zero-order valence-corrected chi connectivity index (χ0v) is 10.7. The van der Waals surface area contributed by atoms with Crippen LogP contribution in [0.4, 0.5) is 10.2 Å². The Hall–Kier alpha value is -1.98. The van der Waals surface area contributed by atoms with Crippen LogP contribution in [0.1, 0.15) is 23.9 Å². The highest BCUT2D eigenvalue weighted by molar-refractivity contribution is 5.41. The summed E-state index contributed by atoms with van der Waals surface area (Å²) >= 11 is 0. The molecule has 0 amide bonds. The minimum atomic E-state index is -0.344. The van der Waals surface area contributed by atoms with E-state index in [2.05, 4.69) is 20.2 Å². The molecule has 0 atom stereocenters. The molecule has 2 rings (SSSR count). The van der Waals surface area contributed by atoms with Crippen molar-refractivity contribution in [2.75, 3.05) is 11.9 Å². The number of hydrogen-bond acceptors (Lipinski definition) is 4. The van der Waals surface area contributed by atoms with Crippen molar-refractivity contribution in [1.29, 1.82) is 0 Å².